The van der Waals surface area contributed by atoms with Crippen molar-refractivity contribution in [3.05, 3.63) is 22.8 Å². The van der Waals surface area contributed by atoms with Crippen molar-refractivity contribution in [1.82, 2.24) is 4.98 Å². The van der Waals surface area contributed by atoms with E-state index < -0.39 is 0 Å². The summed E-state index contributed by atoms with van der Waals surface area (Å²) in [5.41, 5.74) is 11.6. The molecule has 1 rings (SSSR count). The van der Waals surface area contributed by atoms with Crippen LogP contribution in [0.1, 0.15) is 43.0 Å². The lowest BCUT2D eigenvalue weighted by atomic mass is 9.94. The number of ketones is 1. The average molecular weight is 270 g/mol. The normalized spacial score (nSPS) is 12.4. The summed E-state index contributed by atoms with van der Waals surface area (Å²) in [7, 11) is 0. The molecule has 0 radical (unpaired) electrons. The number of hydrogen-bond donors (Lipinski definition) is 2. The van der Waals surface area contributed by atoms with Crippen LogP contribution < -0.4 is 11.5 Å². The predicted molar refractivity (Wildman–Crippen MR) is 74.7 cm³/mol. The van der Waals surface area contributed by atoms with Crippen LogP contribution in [0.5, 0.6) is 0 Å². The van der Waals surface area contributed by atoms with Crippen LogP contribution in [0.3, 0.4) is 0 Å². The highest BCUT2D eigenvalue weighted by Gasteiger charge is 2.14. The third kappa shape index (κ3) is 4.27. The average Bonchev–Trinajstić information content (AvgIpc) is 2.37. The Balaban J connectivity index is 2.62. The van der Waals surface area contributed by atoms with E-state index in [1.54, 1.807) is 6.07 Å². The Morgan fingerprint density at radius 3 is 2.83 bits per heavy atom. The number of rotatable bonds is 7. The Hall–Kier alpha value is -1.13. The highest BCUT2D eigenvalue weighted by atomic mass is 35.5. The summed E-state index contributed by atoms with van der Waals surface area (Å²) in [5, 5.41) is 0.432. The fourth-order valence-corrected chi connectivity index (χ4v) is 2.09. The van der Waals surface area contributed by atoms with Crippen LogP contribution >= 0.6 is 11.6 Å². The molecule has 0 fully saturated rings. The number of aromatic nitrogens is 1. The highest BCUT2D eigenvalue weighted by molar-refractivity contribution is 6.31. The second kappa shape index (κ2) is 7.34. The van der Waals surface area contributed by atoms with Crippen molar-refractivity contribution in [2.24, 2.45) is 11.7 Å². The van der Waals surface area contributed by atoms with E-state index in [0.29, 0.717) is 29.5 Å². The van der Waals surface area contributed by atoms with Gasteiger partial charge in [0.15, 0.2) is 5.78 Å². The van der Waals surface area contributed by atoms with Gasteiger partial charge in [-0.3, -0.25) is 4.79 Å². The van der Waals surface area contributed by atoms with Gasteiger partial charge in [0.05, 0.1) is 10.6 Å². The van der Waals surface area contributed by atoms with Crippen LogP contribution in [-0.2, 0) is 0 Å². The largest absolute Gasteiger partial charge is 0.383 e. The number of carbonyl (C=O) groups is 1. The third-order valence-corrected chi connectivity index (χ3v) is 3.32. The zero-order valence-corrected chi connectivity index (χ0v) is 11.4. The van der Waals surface area contributed by atoms with Gasteiger partial charge in [-0.1, -0.05) is 24.9 Å². The Morgan fingerprint density at radius 1 is 1.50 bits per heavy atom. The maximum Gasteiger partial charge on any atom is 0.166 e. The molecule has 1 aromatic rings. The molecule has 0 saturated heterocycles. The number of Topliss-reactive ketones (excluding diaryl/α,β-unsaturated/α-hetero) is 1. The van der Waals surface area contributed by atoms with Gasteiger partial charge in [-0.05, 0) is 31.4 Å². The first-order chi connectivity index (χ1) is 8.58. The maximum absolute atomic E-state index is 12.0. The van der Waals surface area contributed by atoms with Gasteiger partial charge in [0, 0.05) is 12.6 Å². The van der Waals surface area contributed by atoms with Gasteiger partial charge in [0.25, 0.3) is 0 Å². The molecule has 1 heterocycles. The lowest BCUT2D eigenvalue weighted by Gasteiger charge is -2.13. The fourth-order valence-electron chi connectivity index (χ4n) is 1.93. The second-order valence-corrected chi connectivity index (χ2v) is 4.84. The molecular weight excluding hydrogens is 250 g/mol. The first-order valence-corrected chi connectivity index (χ1v) is 6.60. The first kappa shape index (κ1) is 14.9. The predicted octanol–water partition coefficient (Wildman–Crippen LogP) is 2.66. The minimum absolute atomic E-state index is 0.00188. The number of nitrogens with two attached hydrogens (primary N) is 2. The molecule has 100 valence electrons. The quantitative estimate of drug-likeness (QED) is 0.746. The van der Waals surface area contributed by atoms with Crippen LogP contribution in [0.4, 0.5) is 5.82 Å². The first-order valence-electron chi connectivity index (χ1n) is 6.22. The summed E-state index contributed by atoms with van der Waals surface area (Å²) < 4.78 is 0. The van der Waals surface area contributed by atoms with E-state index in [1.165, 1.54) is 6.20 Å². The van der Waals surface area contributed by atoms with Gasteiger partial charge in [-0.25, -0.2) is 4.98 Å². The van der Waals surface area contributed by atoms with E-state index in [4.69, 9.17) is 23.1 Å². The lowest BCUT2D eigenvalue weighted by Crippen LogP contribution is -2.11. The number of halogens is 1. The van der Waals surface area contributed by atoms with Crippen molar-refractivity contribution >= 4 is 23.2 Å². The van der Waals surface area contributed by atoms with Crippen LogP contribution in [0.15, 0.2) is 12.3 Å². The highest BCUT2D eigenvalue weighted by Crippen LogP contribution is 2.20. The van der Waals surface area contributed by atoms with E-state index in [0.717, 1.165) is 19.3 Å². The van der Waals surface area contributed by atoms with Crippen LogP contribution in [0.2, 0.25) is 5.02 Å². The molecular formula is C13H20ClN3O. The summed E-state index contributed by atoms with van der Waals surface area (Å²) in [5.74, 6) is 0.738. The molecule has 0 bridgehead atoms. The van der Waals surface area contributed by atoms with E-state index in [2.05, 4.69) is 11.9 Å². The van der Waals surface area contributed by atoms with Crippen molar-refractivity contribution < 1.29 is 4.79 Å². The Kier molecular flexibility index (Phi) is 6.09. The van der Waals surface area contributed by atoms with Crippen molar-refractivity contribution in [3.63, 3.8) is 0 Å². The van der Waals surface area contributed by atoms with E-state index in [-0.39, 0.29) is 11.6 Å². The zero-order chi connectivity index (χ0) is 13.5. The molecule has 0 spiro atoms. The van der Waals surface area contributed by atoms with Gasteiger partial charge >= 0.3 is 0 Å². The van der Waals surface area contributed by atoms with Gasteiger partial charge in [-0.15, -0.1) is 0 Å². The summed E-state index contributed by atoms with van der Waals surface area (Å²) >= 11 is 5.81. The van der Waals surface area contributed by atoms with Crippen molar-refractivity contribution in [3.8, 4) is 0 Å². The summed E-state index contributed by atoms with van der Waals surface area (Å²) in [6.45, 7) is 2.77. The fraction of sp³-hybridized carbons (Fsp3) is 0.538. The number of nitrogens with zero attached hydrogens (tertiary/aromatic N) is 1. The van der Waals surface area contributed by atoms with Crippen LogP contribution in [-0.4, -0.2) is 17.3 Å². The molecule has 5 heteroatoms. The van der Waals surface area contributed by atoms with Crippen molar-refractivity contribution in [2.75, 3.05) is 12.3 Å². The SMILES string of the molecule is CCC(CCN)CCC(=O)c1cc(Cl)cnc1N. The smallest absolute Gasteiger partial charge is 0.166 e. The van der Waals surface area contributed by atoms with Gasteiger partial charge in [-0.2, -0.15) is 0 Å². The van der Waals surface area contributed by atoms with Gasteiger partial charge < -0.3 is 11.5 Å². The minimum atomic E-state index is -0.00188. The molecule has 0 aliphatic heterocycles. The number of nitrogen functional groups attached to an aromatic ring is 1. The van der Waals surface area contributed by atoms with Gasteiger partial charge in [0.1, 0.15) is 5.82 Å². The monoisotopic (exact) mass is 269 g/mol. The van der Waals surface area contributed by atoms with Crippen LogP contribution in [0.25, 0.3) is 0 Å². The molecule has 0 aliphatic rings. The number of hydrogen-bond acceptors (Lipinski definition) is 4. The minimum Gasteiger partial charge on any atom is -0.383 e. The zero-order valence-electron chi connectivity index (χ0n) is 10.7. The van der Waals surface area contributed by atoms with Crippen LogP contribution in [0, 0.1) is 5.92 Å². The number of pyridine rings is 1. The summed E-state index contributed by atoms with van der Waals surface area (Å²) in [6, 6.07) is 1.58. The third-order valence-electron chi connectivity index (χ3n) is 3.12. The number of anilines is 1. The maximum atomic E-state index is 12.0. The molecule has 0 aliphatic carbocycles. The Bertz CT molecular complexity index is 409. The Labute approximate surface area is 113 Å². The molecule has 1 unspecified atom stereocenters. The number of carbonyl (C=O) groups excluding carboxylic acids is 1. The van der Waals surface area contributed by atoms with Crippen molar-refractivity contribution in [2.45, 2.75) is 32.6 Å². The lowest BCUT2D eigenvalue weighted by molar-refractivity contribution is 0.0973. The molecule has 0 aromatic carbocycles. The Morgan fingerprint density at radius 2 is 2.22 bits per heavy atom. The summed E-state index contributed by atoms with van der Waals surface area (Å²) in [6.07, 6.45) is 4.72. The molecule has 4 N–H and O–H groups in total. The molecule has 18 heavy (non-hydrogen) atoms. The van der Waals surface area contributed by atoms with E-state index in [9.17, 15) is 4.79 Å². The molecule has 4 nitrogen and oxygen atoms in total. The van der Waals surface area contributed by atoms with E-state index in [1.807, 2.05) is 0 Å². The molecule has 0 amide bonds. The second-order valence-electron chi connectivity index (χ2n) is 4.40. The standard InChI is InChI=1S/C13H20ClN3O/c1-2-9(5-6-15)3-4-12(18)11-7-10(14)8-17-13(11)16/h7-9H,2-6,15H2,1H3,(H2,16,17). The summed E-state index contributed by atoms with van der Waals surface area (Å²) in [4.78, 5) is 15.9. The molecule has 0 saturated carbocycles. The van der Waals surface area contributed by atoms with E-state index >= 15 is 0 Å². The molecule has 1 aromatic heterocycles. The van der Waals surface area contributed by atoms with Crippen molar-refractivity contribution in [1.29, 1.82) is 0 Å². The molecule has 1 atom stereocenters. The van der Waals surface area contributed by atoms with Gasteiger partial charge in [0.2, 0.25) is 0 Å². The topological polar surface area (TPSA) is 82.0 Å².